The van der Waals surface area contributed by atoms with Gasteiger partial charge in [-0.2, -0.15) is 0 Å². The Morgan fingerprint density at radius 1 is 1.22 bits per heavy atom. The third-order valence-corrected chi connectivity index (χ3v) is 4.62. The van der Waals surface area contributed by atoms with Gasteiger partial charge in [0.25, 0.3) is 0 Å². The molecule has 2 heterocycles. The molecule has 2 unspecified atom stereocenters. The second-order valence-electron chi connectivity index (χ2n) is 5.30. The number of fused-ring (bicyclic) bond motifs is 2. The number of aliphatic hydroxyl groups is 1. The molecule has 2 N–H and O–H groups in total. The fraction of sp³-hybridized carbons (Fsp3) is 0.538. The Morgan fingerprint density at radius 3 is 2.44 bits per heavy atom. The summed E-state index contributed by atoms with van der Waals surface area (Å²) >= 11 is 3.05. The molecule has 1 aromatic carbocycles. The quantitative estimate of drug-likeness (QED) is 0.781. The van der Waals surface area contributed by atoms with Crippen molar-refractivity contribution in [2.75, 3.05) is 0 Å². The van der Waals surface area contributed by atoms with Gasteiger partial charge < -0.3 is 10.4 Å². The summed E-state index contributed by atoms with van der Waals surface area (Å²) in [5, 5.41) is 14.0. The largest absolute Gasteiger partial charge is 0.385 e. The van der Waals surface area contributed by atoms with Crippen molar-refractivity contribution in [1.82, 2.24) is 5.32 Å². The van der Waals surface area contributed by atoms with E-state index in [1.54, 1.807) is 0 Å². The molecule has 0 spiro atoms. The van der Waals surface area contributed by atoms with E-state index in [4.69, 9.17) is 0 Å². The first-order valence-corrected chi connectivity index (χ1v) is 6.91. The minimum Gasteiger partial charge on any atom is -0.385 e. The van der Waals surface area contributed by atoms with Gasteiger partial charge in [-0.15, -0.1) is 0 Å². The monoisotopic (exact) mass is 317 g/mol. The molecule has 98 valence electrons. The Kier molecular flexibility index (Phi) is 2.95. The van der Waals surface area contributed by atoms with Crippen molar-refractivity contribution in [3.05, 3.63) is 33.8 Å². The normalized spacial score (nSPS) is 34.9. The summed E-state index contributed by atoms with van der Waals surface area (Å²) in [7, 11) is 0. The second kappa shape index (κ2) is 4.25. The molecule has 2 fully saturated rings. The third kappa shape index (κ3) is 1.89. The number of nitrogens with one attached hydrogen (secondary N) is 1. The molecule has 2 atom stereocenters. The fourth-order valence-electron chi connectivity index (χ4n) is 3.28. The summed E-state index contributed by atoms with van der Waals surface area (Å²) in [6.07, 6.45) is 2.66. The van der Waals surface area contributed by atoms with Crippen molar-refractivity contribution in [2.45, 2.75) is 43.4 Å². The van der Waals surface area contributed by atoms with Gasteiger partial charge in [0.1, 0.15) is 11.6 Å². The maximum absolute atomic E-state index is 14.1. The number of halogens is 3. The van der Waals surface area contributed by atoms with Crippen molar-refractivity contribution in [3.8, 4) is 0 Å². The smallest absolute Gasteiger partial charge is 0.146 e. The molecule has 2 saturated heterocycles. The van der Waals surface area contributed by atoms with E-state index in [9.17, 15) is 13.9 Å². The van der Waals surface area contributed by atoms with Gasteiger partial charge in [-0.25, -0.2) is 8.78 Å². The van der Waals surface area contributed by atoms with Crippen molar-refractivity contribution >= 4 is 15.9 Å². The van der Waals surface area contributed by atoms with Gasteiger partial charge >= 0.3 is 0 Å². The molecule has 5 heteroatoms. The van der Waals surface area contributed by atoms with Gasteiger partial charge in [0, 0.05) is 12.1 Å². The van der Waals surface area contributed by atoms with Gasteiger partial charge in [-0.05, 0) is 53.7 Å². The lowest BCUT2D eigenvalue weighted by molar-refractivity contribution is -0.0175. The SMILES string of the molecule is OC1(c2c(F)ccc(Br)c2F)CC2CCC(C1)N2. The van der Waals surface area contributed by atoms with Crippen molar-refractivity contribution in [3.63, 3.8) is 0 Å². The molecule has 0 aliphatic carbocycles. The standard InChI is InChI=1S/C13H14BrF2NO/c14-9-3-4-10(15)11(12(9)16)13(18)5-7-1-2-8(6-13)17-7/h3-4,7-8,17-18H,1-2,5-6H2. The highest BCUT2D eigenvalue weighted by molar-refractivity contribution is 9.10. The predicted molar refractivity (Wildman–Crippen MR) is 67.1 cm³/mol. The first kappa shape index (κ1) is 12.5. The zero-order chi connectivity index (χ0) is 12.9. The van der Waals surface area contributed by atoms with E-state index in [0.717, 1.165) is 12.8 Å². The molecule has 2 aliphatic heterocycles. The molecular formula is C13H14BrF2NO. The van der Waals surface area contributed by atoms with Crippen LogP contribution < -0.4 is 5.32 Å². The summed E-state index contributed by atoms with van der Waals surface area (Å²) in [6.45, 7) is 0. The van der Waals surface area contributed by atoms with Gasteiger partial charge in [0.2, 0.25) is 0 Å². The maximum atomic E-state index is 14.1. The highest BCUT2D eigenvalue weighted by Crippen LogP contribution is 2.43. The Bertz CT molecular complexity index is 482. The number of hydrogen-bond acceptors (Lipinski definition) is 2. The number of piperidine rings is 1. The van der Waals surface area contributed by atoms with Crippen LogP contribution in [0.1, 0.15) is 31.2 Å². The summed E-state index contributed by atoms with van der Waals surface area (Å²) in [6, 6.07) is 2.84. The molecule has 0 amide bonds. The highest BCUT2D eigenvalue weighted by atomic mass is 79.9. The van der Waals surface area contributed by atoms with Crippen molar-refractivity contribution in [2.24, 2.45) is 0 Å². The van der Waals surface area contributed by atoms with E-state index in [0.29, 0.717) is 12.8 Å². The zero-order valence-corrected chi connectivity index (χ0v) is 11.3. The lowest BCUT2D eigenvalue weighted by Gasteiger charge is -2.37. The molecule has 0 saturated carbocycles. The van der Waals surface area contributed by atoms with E-state index >= 15 is 0 Å². The molecule has 0 radical (unpaired) electrons. The number of benzene rings is 1. The second-order valence-corrected chi connectivity index (χ2v) is 6.15. The number of hydrogen-bond donors (Lipinski definition) is 2. The molecule has 1 aromatic rings. The van der Waals surface area contributed by atoms with Crippen LogP contribution in [0.25, 0.3) is 0 Å². The average molecular weight is 318 g/mol. The third-order valence-electron chi connectivity index (χ3n) is 4.01. The summed E-state index contributed by atoms with van der Waals surface area (Å²) in [5.41, 5.74) is -1.58. The first-order valence-electron chi connectivity index (χ1n) is 6.12. The van der Waals surface area contributed by atoms with Crippen LogP contribution in [0.3, 0.4) is 0 Å². The Hall–Kier alpha value is -0.520. The van der Waals surface area contributed by atoms with E-state index in [2.05, 4.69) is 21.2 Å². The molecular weight excluding hydrogens is 304 g/mol. The lowest BCUT2D eigenvalue weighted by atomic mass is 9.81. The Balaban J connectivity index is 2.06. The summed E-state index contributed by atoms with van der Waals surface area (Å²) < 4.78 is 28.2. The van der Waals surface area contributed by atoms with Gasteiger partial charge in [-0.3, -0.25) is 0 Å². The van der Waals surface area contributed by atoms with Gasteiger partial charge in [0.15, 0.2) is 0 Å². The van der Waals surface area contributed by atoms with Crippen LogP contribution in [0.2, 0.25) is 0 Å². The van der Waals surface area contributed by atoms with Gasteiger partial charge in [-0.1, -0.05) is 0 Å². The molecule has 3 rings (SSSR count). The number of rotatable bonds is 1. The molecule has 18 heavy (non-hydrogen) atoms. The summed E-state index contributed by atoms with van der Waals surface area (Å²) in [4.78, 5) is 0. The van der Waals surface area contributed by atoms with Crippen LogP contribution in [0.4, 0.5) is 8.78 Å². The maximum Gasteiger partial charge on any atom is 0.146 e. The van der Waals surface area contributed by atoms with E-state index in [1.807, 2.05) is 0 Å². The highest BCUT2D eigenvalue weighted by Gasteiger charge is 2.46. The van der Waals surface area contributed by atoms with Crippen molar-refractivity contribution in [1.29, 1.82) is 0 Å². The van der Waals surface area contributed by atoms with Crippen LogP contribution in [0.15, 0.2) is 16.6 Å². The van der Waals surface area contributed by atoms with Crippen LogP contribution in [-0.2, 0) is 5.60 Å². The fourth-order valence-corrected chi connectivity index (χ4v) is 3.61. The molecule has 2 bridgehead atoms. The summed E-state index contributed by atoms with van der Waals surface area (Å²) in [5.74, 6) is -1.35. The zero-order valence-electron chi connectivity index (χ0n) is 9.72. The Labute approximate surface area is 113 Å². The minimum atomic E-state index is -1.39. The molecule has 2 nitrogen and oxygen atoms in total. The van der Waals surface area contributed by atoms with Crippen LogP contribution in [0.5, 0.6) is 0 Å². The Morgan fingerprint density at radius 2 is 1.83 bits per heavy atom. The average Bonchev–Trinajstić information content (AvgIpc) is 2.64. The van der Waals surface area contributed by atoms with Crippen molar-refractivity contribution < 1.29 is 13.9 Å². The van der Waals surface area contributed by atoms with E-state index in [-0.39, 0.29) is 22.1 Å². The predicted octanol–water partition coefficient (Wildman–Crippen LogP) is 2.83. The van der Waals surface area contributed by atoms with Crippen LogP contribution in [0, 0.1) is 11.6 Å². The van der Waals surface area contributed by atoms with Crippen LogP contribution >= 0.6 is 15.9 Å². The van der Waals surface area contributed by atoms with E-state index < -0.39 is 17.2 Å². The van der Waals surface area contributed by atoms with Gasteiger partial charge in [0.05, 0.1) is 15.6 Å². The molecule has 0 aromatic heterocycles. The first-order chi connectivity index (χ1) is 8.49. The van der Waals surface area contributed by atoms with E-state index in [1.165, 1.54) is 12.1 Å². The van der Waals surface area contributed by atoms with Crippen LogP contribution in [-0.4, -0.2) is 17.2 Å². The minimum absolute atomic E-state index is 0.159. The lowest BCUT2D eigenvalue weighted by Crippen LogP contribution is -2.47. The molecule has 2 aliphatic rings. The topological polar surface area (TPSA) is 32.3 Å².